The van der Waals surface area contributed by atoms with Gasteiger partial charge in [-0.2, -0.15) is 5.10 Å². The maximum absolute atomic E-state index is 12.1. The van der Waals surface area contributed by atoms with E-state index >= 15 is 0 Å². The lowest BCUT2D eigenvalue weighted by molar-refractivity contribution is -0.143. The van der Waals surface area contributed by atoms with Gasteiger partial charge in [0.25, 0.3) is 0 Å². The highest BCUT2D eigenvalue weighted by molar-refractivity contribution is 5.90. The maximum atomic E-state index is 12.1. The second kappa shape index (κ2) is 4.92. The molecule has 1 amide bonds. The van der Waals surface area contributed by atoms with Gasteiger partial charge < -0.3 is 10.4 Å². The van der Waals surface area contributed by atoms with Gasteiger partial charge >= 0.3 is 5.97 Å². The number of hydrogen-bond acceptors (Lipinski definition) is 3. The quantitative estimate of drug-likeness (QED) is 0.840. The Morgan fingerprint density at radius 1 is 1.45 bits per heavy atom. The molecule has 1 fully saturated rings. The van der Waals surface area contributed by atoms with Crippen LogP contribution in [0.1, 0.15) is 36.7 Å². The predicted octanol–water partition coefficient (Wildman–Crippen LogP) is 0.949. The Balaban J connectivity index is 2.03. The molecule has 2 N–H and O–H groups in total. The molecule has 0 bridgehead atoms. The van der Waals surface area contributed by atoms with Crippen LogP contribution in [-0.2, 0) is 23.1 Å². The highest BCUT2D eigenvalue weighted by atomic mass is 16.4. The van der Waals surface area contributed by atoms with Crippen molar-refractivity contribution in [3.05, 3.63) is 17.0 Å². The van der Waals surface area contributed by atoms with Gasteiger partial charge in [0.2, 0.25) is 5.91 Å². The summed E-state index contributed by atoms with van der Waals surface area (Å²) >= 11 is 0. The summed E-state index contributed by atoms with van der Waals surface area (Å²) in [5, 5.41) is 16.1. The van der Waals surface area contributed by atoms with Crippen molar-refractivity contribution in [1.29, 1.82) is 0 Å². The Hall–Kier alpha value is -1.85. The van der Waals surface area contributed by atoms with Crippen molar-refractivity contribution in [3.8, 4) is 0 Å². The van der Waals surface area contributed by atoms with Crippen molar-refractivity contribution < 1.29 is 14.7 Å². The minimum absolute atomic E-state index is 0.201. The van der Waals surface area contributed by atoms with Gasteiger partial charge in [-0.15, -0.1) is 0 Å². The van der Waals surface area contributed by atoms with E-state index in [-0.39, 0.29) is 11.8 Å². The van der Waals surface area contributed by atoms with Crippen LogP contribution in [0.4, 0.5) is 0 Å². The number of amides is 1. The topological polar surface area (TPSA) is 84.2 Å². The Kier molecular flexibility index (Phi) is 3.58. The molecule has 1 aliphatic rings. The fraction of sp³-hybridized carbons (Fsp3) is 0.643. The zero-order valence-corrected chi connectivity index (χ0v) is 12.4. The van der Waals surface area contributed by atoms with Gasteiger partial charge in [0.15, 0.2) is 0 Å². The SMILES string of the molecule is Cc1nn(C)c(C)c1CC(C)C(=O)NC1(C(=O)O)CC1. The molecule has 1 aromatic heterocycles. The number of aryl methyl sites for hydroxylation is 2. The lowest BCUT2D eigenvalue weighted by Crippen LogP contribution is -2.45. The molecule has 20 heavy (non-hydrogen) atoms. The van der Waals surface area contributed by atoms with Gasteiger partial charge in [0.1, 0.15) is 5.54 Å². The van der Waals surface area contributed by atoms with E-state index in [1.807, 2.05) is 27.8 Å². The number of rotatable bonds is 5. The lowest BCUT2D eigenvalue weighted by atomic mass is 9.98. The molecule has 0 radical (unpaired) electrons. The predicted molar refractivity (Wildman–Crippen MR) is 73.3 cm³/mol. The number of nitrogens with zero attached hydrogens (tertiary/aromatic N) is 2. The van der Waals surface area contributed by atoms with Gasteiger partial charge in [-0.3, -0.25) is 9.48 Å². The van der Waals surface area contributed by atoms with E-state index in [1.165, 1.54) is 0 Å². The summed E-state index contributed by atoms with van der Waals surface area (Å²) in [5.41, 5.74) is 2.02. The highest BCUT2D eigenvalue weighted by Gasteiger charge is 2.51. The Morgan fingerprint density at radius 2 is 2.05 bits per heavy atom. The van der Waals surface area contributed by atoms with Crippen LogP contribution in [0.25, 0.3) is 0 Å². The van der Waals surface area contributed by atoms with E-state index in [1.54, 1.807) is 4.68 Å². The third kappa shape index (κ3) is 2.55. The van der Waals surface area contributed by atoms with Crippen LogP contribution in [0, 0.1) is 19.8 Å². The average Bonchev–Trinajstić information content (AvgIpc) is 3.10. The number of carboxylic acids is 1. The first-order chi connectivity index (χ1) is 9.27. The third-order valence-electron chi connectivity index (χ3n) is 4.14. The number of hydrogen-bond donors (Lipinski definition) is 2. The largest absolute Gasteiger partial charge is 0.480 e. The molecule has 1 unspecified atom stereocenters. The van der Waals surface area contributed by atoms with Crippen molar-refractivity contribution in [2.24, 2.45) is 13.0 Å². The zero-order chi connectivity index (χ0) is 15.1. The first-order valence-corrected chi connectivity index (χ1v) is 6.81. The van der Waals surface area contributed by atoms with Crippen molar-refractivity contribution in [2.75, 3.05) is 0 Å². The molecule has 0 aromatic carbocycles. The lowest BCUT2D eigenvalue weighted by Gasteiger charge is -2.17. The Morgan fingerprint density at radius 3 is 2.45 bits per heavy atom. The maximum Gasteiger partial charge on any atom is 0.329 e. The van der Waals surface area contributed by atoms with Crippen molar-refractivity contribution in [2.45, 2.75) is 45.6 Å². The van der Waals surface area contributed by atoms with Gasteiger partial charge in [-0.05, 0) is 38.7 Å². The average molecular weight is 279 g/mol. The van der Waals surface area contributed by atoms with Crippen LogP contribution < -0.4 is 5.32 Å². The van der Waals surface area contributed by atoms with E-state index in [2.05, 4.69) is 10.4 Å². The van der Waals surface area contributed by atoms with E-state index in [0.717, 1.165) is 17.0 Å². The summed E-state index contributed by atoms with van der Waals surface area (Å²) in [6, 6.07) is 0. The molecule has 1 saturated carbocycles. The van der Waals surface area contributed by atoms with Crippen LogP contribution in [0.15, 0.2) is 0 Å². The molecule has 6 heteroatoms. The fourth-order valence-electron chi connectivity index (χ4n) is 2.39. The number of aromatic nitrogens is 2. The van der Waals surface area contributed by atoms with Crippen molar-refractivity contribution in [1.82, 2.24) is 15.1 Å². The monoisotopic (exact) mass is 279 g/mol. The van der Waals surface area contributed by atoms with Crippen LogP contribution in [0.3, 0.4) is 0 Å². The van der Waals surface area contributed by atoms with E-state index in [0.29, 0.717) is 19.3 Å². The molecular formula is C14H21N3O3. The van der Waals surface area contributed by atoms with E-state index in [4.69, 9.17) is 5.11 Å². The van der Waals surface area contributed by atoms with Gasteiger partial charge in [-0.25, -0.2) is 4.79 Å². The summed E-state index contributed by atoms with van der Waals surface area (Å²) in [5.74, 6) is -1.41. The highest BCUT2D eigenvalue weighted by Crippen LogP contribution is 2.35. The zero-order valence-electron chi connectivity index (χ0n) is 12.4. The van der Waals surface area contributed by atoms with Gasteiger partial charge in [-0.1, -0.05) is 6.92 Å². The second-order valence-corrected chi connectivity index (χ2v) is 5.75. The molecule has 0 aliphatic heterocycles. The number of aliphatic carboxylic acids is 1. The Labute approximate surface area is 118 Å². The van der Waals surface area contributed by atoms with Crippen molar-refractivity contribution >= 4 is 11.9 Å². The minimum atomic E-state index is -1.01. The summed E-state index contributed by atoms with van der Waals surface area (Å²) in [6.45, 7) is 5.71. The molecule has 110 valence electrons. The van der Waals surface area contributed by atoms with E-state index < -0.39 is 11.5 Å². The molecule has 0 spiro atoms. The Bertz CT molecular complexity index is 558. The van der Waals surface area contributed by atoms with Gasteiger partial charge in [0, 0.05) is 18.7 Å². The fourth-order valence-corrected chi connectivity index (χ4v) is 2.39. The summed E-state index contributed by atoms with van der Waals surface area (Å²) in [4.78, 5) is 23.2. The van der Waals surface area contributed by atoms with Crippen LogP contribution >= 0.6 is 0 Å². The molecule has 6 nitrogen and oxygen atoms in total. The normalized spacial score (nSPS) is 17.6. The van der Waals surface area contributed by atoms with Crippen molar-refractivity contribution in [3.63, 3.8) is 0 Å². The first-order valence-electron chi connectivity index (χ1n) is 6.81. The smallest absolute Gasteiger partial charge is 0.329 e. The molecule has 1 heterocycles. The molecule has 0 saturated heterocycles. The molecular weight excluding hydrogens is 258 g/mol. The van der Waals surface area contributed by atoms with Gasteiger partial charge in [0.05, 0.1) is 5.69 Å². The number of carboxylic acid groups (broad SMARTS) is 1. The van der Waals surface area contributed by atoms with Crippen LogP contribution in [0.2, 0.25) is 0 Å². The second-order valence-electron chi connectivity index (χ2n) is 5.75. The summed E-state index contributed by atoms with van der Waals surface area (Å²) in [6.07, 6.45) is 1.62. The number of carbonyl (C=O) groups is 2. The number of nitrogens with one attached hydrogen (secondary N) is 1. The van der Waals surface area contributed by atoms with E-state index in [9.17, 15) is 9.59 Å². The summed E-state index contributed by atoms with van der Waals surface area (Å²) in [7, 11) is 1.88. The standard InChI is InChI=1S/C14H21N3O3/c1-8(7-11-9(2)16-17(4)10(11)3)12(18)15-14(5-6-14)13(19)20/h8H,5-7H2,1-4H3,(H,15,18)(H,19,20). The molecule has 1 aliphatic carbocycles. The summed E-state index contributed by atoms with van der Waals surface area (Å²) < 4.78 is 1.80. The van der Waals surface area contributed by atoms with Crippen LogP contribution in [-0.4, -0.2) is 32.3 Å². The molecule has 1 atom stereocenters. The minimum Gasteiger partial charge on any atom is -0.480 e. The molecule has 2 rings (SSSR count). The third-order valence-corrected chi connectivity index (χ3v) is 4.14. The molecule has 1 aromatic rings. The first kappa shape index (κ1) is 14.6. The van der Waals surface area contributed by atoms with Crippen LogP contribution in [0.5, 0.6) is 0 Å². The number of carbonyl (C=O) groups excluding carboxylic acids is 1.